The molecule has 1 aliphatic rings. The van der Waals surface area contributed by atoms with E-state index in [1.165, 1.54) is 16.7 Å². The van der Waals surface area contributed by atoms with E-state index in [0.29, 0.717) is 21.4 Å². The third-order valence-corrected chi connectivity index (χ3v) is 5.39. The van der Waals surface area contributed by atoms with Crippen LogP contribution in [0.4, 0.5) is 0 Å². The first-order chi connectivity index (χ1) is 15.2. The average molecular weight is 430 g/mol. The van der Waals surface area contributed by atoms with Gasteiger partial charge < -0.3 is 9.52 Å². The summed E-state index contributed by atoms with van der Waals surface area (Å²) in [6.07, 6.45) is 8.49. The van der Waals surface area contributed by atoms with Crippen molar-refractivity contribution < 1.29 is 14.3 Å². The van der Waals surface area contributed by atoms with E-state index in [4.69, 9.17) is 4.42 Å². The van der Waals surface area contributed by atoms with Crippen LogP contribution in [0, 0.1) is 0 Å². The third-order valence-electron chi connectivity index (χ3n) is 4.39. The Bertz CT molecular complexity index is 1170. The van der Waals surface area contributed by atoms with Gasteiger partial charge in [0.05, 0.1) is 17.7 Å². The minimum atomic E-state index is -0.224. The molecular formula is C24H19N3O3S. The Hall–Kier alpha value is -3.84. The molecule has 3 aromatic rings. The summed E-state index contributed by atoms with van der Waals surface area (Å²) in [6, 6.07) is 20.3. The number of thioether (sulfide) groups is 1. The fraction of sp³-hybridized carbons (Fsp3) is 0.0417. The van der Waals surface area contributed by atoms with Gasteiger partial charge in [-0.1, -0.05) is 54.6 Å². The molecule has 4 rings (SSSR count). The molecule has 1 fully saturated rings. The molecule has 0 spiro atoms. The van der Waals surface area contributed by atoms with Gasteiger partial charge in [-0.15, -0.1) is 5.10 Å². The van der Waals surface area contributed by atoms with Gasteiger partial charge in [-0.3, -0.25) is 9.69 Å². The lowest BCUT2D eigenvalue weighted by atomic mass is 10.2. The number of benzene rings is 2. The molecule has 1 saturated heterocycles. The van der Waals surface area contributed by atoms with Crippen LogP contribution in [0.2, 0.25) is 0 Å². The molecule has 2 aromatic carbocycles. The van der Waals surface area contributed by atoms with Gasteiger partial charge in [0.1, 0.15) is 11.5 Å². The van der Waals surface area contributed by atoms with Crippen LogP contribution in [0.25, 0.3) is 12.2 Å². The second-order valence-electron chi connectivity index (χ2n) is 6.56. The van der Waals surface area contributed by atoms with Gasteiger partial charge in [-0.2, -0.15) is 5.10 Å². The zero-order chi connectivity index (χ0) is 21.5. The number of para-hydroxylation sites is 1. The summed E-state index contributed by atoms with van der Waals surface area (Å²) in [7, 11) is 0. The largest absolute Gasteiger partial charge is 0.507 e. The van der Waals surface area contributed by atoms with Gasteiger partial charge in [0, 0.05) is 11.8 Å². The maximum atomic E-state index is 13.0. The SMILES string of the molecule is O=C1/C(=C/c2ccccc2O)S/C(=N/N=C\C=C\c2ccccc2)N1Cc1ccco1. The zero-order valence-electron chi connectivity index (χ0n) is 16.5. The molecule has 1 amide bonds. The lowest BCUT2D eigenvalue weighted by Crippen LogP contribution is -2.28. The second-order valence-corrected chi connectivity index (χ2v) is 7.57. The van der Waals surface area contributed by atoms with Crippen LogP contribution in [0.3, 0.4) is 0 Å². The number of furan rings is 1. The molecule has 1 N–H and O–H groups in total. The summed E-state index contributed by atoms with van der Waals surface area (Å²) in [5.41, 5.74) is 1.62. The van der Waals surface area contributed by atoms with Crippen molar-refractivity contribution in [2.24, 2.45) is 10.2 Å². The summed E-state index contributed by atoms with van der Waals surface area (Å²) in [4.78, 5) is 15.0. The van der Waals surface area contributed by atoms with Crippen molar-refractivity contribution in [3.63, 3.8) is 0 Å². The van der Waals surface area contributed by atoms with Gasteiger partial charge in [0.25, 0.3) is 5.91 Å². The summed E-state index contributed by atoms with van der Waals surface area (Å²) in [6.45, 7) is 0.241. The lowest BCUT2D eigenvalue weighted by molar-refractivity contribution is -0.122. The van der Waals surface area contributed by atoms with Gasteiger partial charge in [0.15, 0.2) is 5.17 Å². The van der Waals surface area contributed by atoms with Crippen LogP contribution in [0.5, 0.6) is 5.75 Å². The van der Waals surface area contributed by atoms with E-state index >= 15 is 0 Å². The van der Waals surface area contributed by atoms with E-state index in [-0.39, 0.29) is 18.2 Å². The highest BCUT2D eigenvalue weighted by Gasteiger charge is 2.34. The lowest BCUT2D eigenvalue weighted by Gasteiger charge is -2.12. The van der Waals surface area contributed by atoms with E-state index in [0.717, 1.165) is 5.56 Å². The average Bonchev–Trinajstić information content (AvgIpc) is 3.40. The minimum absolute atomic E-state index is 0.107. The van der Waals surface area contributed by atoms with Gasteiger partial charge in [-0.05, 0) is 47.7 Å². The minimum Gasteiger partial charge on any atom is -0.507 e. The molecule has 0 saturated carbocycles. The molecule has 6 nitrogen and oxygen atoms in total. The Morgan fingerprint density at radius 2 is 1.84 bits per heavy atom. The Morgan fingerprint density at radius 3 is 2.61 bits per heavy atom. The number of phenols is 1. The number of hydrogen-bond acceptors (Lipinski definition) is 6. The second kappa shape index (κ2) is 9.77. The number of allylic oxidation sites excluding steroid dienone is 1. The van der Waals surface area contributed by atoms with Crippen LogP contribution in [0.15, 0.2) is 98.6 Å². The van der Waals surface area contributed by atoms with Crippen molar-refractivity contribution in [3.05, 3.63) is 101 Å². The van der Waals surface area contributed by atoms with E-state index in [9.17, 15) is 9.90 Å². The standard InChI is InChI=1S/C24H19N3O3S/c28-21-13-5-4-11-19(21)16-22-23(29)27(17-20-12-7-15-30-20)24(31-22)26-25-14-6-10-18-8-2-1-3-9-18/h1-16,28H,17H2/b10-6+,22-16-,25-14-,26-24+. The number of hydrogen-bond donors (Lipinski definition) is 1. The highest BCUT2D eigenvalue weighted by atomic mass is 32.2. The van der Waals surface area contributed by atoms with Crippen LogP contribution in [0.1, 0.15) is 16.9 Å². The summed E-state index contributed by atoms with van der Waals surface area (Å²) >= 11 is 1.20. The van der Waals surface area contributed by atoms with Crippen LogP contribution in [-0.4, -0.2) is 27.3 Å². The number of amides is 1. The molecule has 0 radical (unpaired) electrons. The number of rotatable bonds is 6. The van der Waals surface area contributed by atoms with E-state index < -0.39 is 0 Å². The van der Waals surface area contributed by atoms with Crippen LogP contribution in [-0.2, 0) is 11.3 Å². The fourth-order valence-corrected chi connectivity index (χ4v) is 3.80. The monoisotopic (exact) mass is 429 g/mol. The smallest absolute Gasteiger partial charge is 0.267 e. The van der Waals surface area contributed by atoms with E-state index in [1.807, 2.05) is 36.4 Å². The molecule has 0 unspecified atom stereocenters. The van der Waals surface area contributed by atoms with Crippen molar-refractivity contribution >= 4 is 41.2 Å². The third kappa shape index (κ3) is 5.21. The predicted octanol–water partition coefficient (Wildman–Crippen LogP) is 5.16. The zero-order valence-corrected chi connectivity index (χ0v) is 17.3. The normalized spacial score (nSPS) is 17.0. The van der Waals surface area contributed by atoms with Crippen molar-refractivity contribution in [3.8, 4) is 5.75 Å². The summed E-state index contributed by atoms with van der Waals surface area (Å²) in [5.74, 6) is 0.521. The predicted molar refractivity (Wildman–Crippen MR) is 124 cm³/mol. The van der Waals surface area contributed by atoms with Gasteiger partial charge >= 0.3 is 0 Å². The highest BCUT2D eigenvalue weighted by molar-refractivity contribution is 8.18. The molecule has 154 valence electrons. The molecule has 2 heterocycles. The summed E-state index contributed by atoms with van der Waals surface area (Å²) < 4.78 is 5.39. The highest BCUT2D eigenvalue weighted by Crippen LogP contribution is 2.35. The molecule has 0 bridgehead atoms. The maximum Gasteiger partial charge on any atom is 0.267 e. The fourth-order valence-electron chi connectivity index (χ4n) is 2.87. The molecule has 0 aliphatic carbocycles. The number of carbonyl (C=O) groups is 1. The molecule has 31 heavy (non-hydrogen) atoms. The first-order valence-electron chi connectivity index (χ1n) is 9.55. The molecule has 0 atom stereocenters. The topological polar surface area (TPSA) is 78.4 Å². The quantitative estimate of drug-likeness (QED) is 0.334. The Kier molecular flexibility index (Phi) is 6.44. The van der Waals surface area contributed by atoms with Crippen LogP contribution >= 0.6 is 11.8 Å². The summed E-state index contributed by atoms with van der Waals surface area (Å²) in [5, 5.41) is 18.8. The van der Waals surface area contributed by atoms with Crippen LogP contribution < -0.4 is 0 Å². The van der Waals surface area contributed by atoms with Crippen molar-refractivity contribution in [2.75, 3.05) is 0 Å². The Balaban J connectivity index is 1.56. The number of nitrogens with zero attached hydrogens (tertiary/aromatic N) is 3. The number of phenolic OH excluding ortho intramolecular Hbond substituents is 1. The van der Waals surface area contributed by atoms with Crippen molar-refractivity contribution in [2.45, 2.75) is 6.54 Å². The van der Waals surface area contributed by atoms with Crippen molar-refractivity contribution in [1.82, 2.24) is 4.90 Å². The molecule has 1 aliphatic heterocycles. The maximum absolute atomic E-state index is 13.0. The number of amidine groups is 1. The number of carbonyl (C=O) groups excluding carboxylic acids is 1. The molecular weight excluding hydrogens is 410 g/mol. The Morgan fingerprint density at radius 1 is 1.03 bits per heavy atom. The van der Waals surface area contributed by atoms with Gasteiger partial charge in [0.2, 0.25) is 0 Å². The van der Waals surface area contributed by atoms with E-state index in [1.54, 1.807) is 61.0 Å². The molecule has 7 heteroatoms. The first-order valence-corrected chi connectivity index (χ1v) is 10.4. The van der Waals surface area contributed by atoms with Crippen molar-refractivity contribution in [1.29, 1.82) is 0 Å². The number of aromatic hydroxyl groups is 1. The van der Waals surface area contributed by atoms with Gasteiger partial charge in [-0.25, -0.2) is 0 Å². The van der Waals surface area contributed by atoms with E-state index in [2.05, 4.69) is 10.2 Å². The Labute approximate surface area is 183 Å². The molecule has 1 aromatic heterocycles. The first kappa shape index (κ1) is 20.4.